The van der Waals surface area contributed by atoms with Crippen LogP contribution in [0.3, 0.4) is 0 Å². The highest BCUT2D eigenvalue weighted by molar-refractivity contribution is 9.10. The smallest absolute Gasteiger partial charge is 0.269 e. The molecule has 48 heavy (non-hydrogen) atoms. The van der Waals surface area contributed by atoms with Crippen LogP contribution in [-0.4, -0.2) is 45.7 Å². The molecule has 2 heterocycles. The van der Waals surface area contributed by atoms with Gasteiger partial charge < -0.3 is 9.84 Å². The number of phenols is 1. The Morgan fingerprint density at radius 2 is 1.29 bits per heavy atom. The van der Waals surface area contributed by atoms with Gasteiger partial charge in [0.05, 0.1) is 52.0 Å². The lowest BCUT2D eigenvalue weighted by molar-refractivity contribution is -0.385. The standard InChI is InChI=1S/C33H25BrN4O10/c1-48-25-13-15(34)12-23(29(25)39)26-20-10-11-21-27(32(42)35(30(21)40)16-2-6-18(7-3-16)37(44)45)22(20)14-24-28(26)33(43)36(31(24)41)17-4-8-19(9-5-17)38(46)47/h2-10,12-13,21-22,24,26-28,39H,11,14H2,1H3/t21-,22+,24+,26+,27-,28+/m0/s1. The molecule has 244 valence electrons. The van der Waals surface area contributed by atoms with E-state index in [1.54, 1.807) is 12.1 Å². The van der Waals surface area contributed by atoms with Crippen LogP contribution in [0.2, 0.25) is 0 Å². The summed E-state index contributed by atoms with van der Waals surface area (Å²) < 4.78 is 5.92. The zero-order valence-corrected chi connectivity index (χ0v) is 26.6. The second-order valence-electron chi connectivity index (χ2n) is 12.1. The molecule has 0 bridgehead atoms. The number of amides is 4. The Labute approximate surface area is 280 Å². The molecular formula is C33H25BrN4O10. The number of non-ortho nitro benzene ring substituents is 2. The van der Waals surface area contributed by atoms with Crippen LogP contribution in [0, 0.1) is 49.8 Å². The number of carbonyl (C=O) groups excluding carboxylic acids is 4. The molecule has 0 spiro atoms. The maximum atomic E-state index is 14.3. The van der Waals surface area contributed by atoms with Gasteiger partial charge in [-0.3, -0.25) is 49.2 Å². The lowest BCUT2D eigenvalue weighted by Crippen LogP contribution is -2.43. The van der Waals surface area contributed by atoms with Gasteiger partial charge in [-0.05, 0) is 55.2 Å². The normalized spacial score (nSPS) is 26.2. The van der Waals surface area contributed by atoms with Crippen LogP contribution in [0.25, 0.3) is 0 Å². The van der Waals surface area contributed by atoms with Gasteiger partial charge in [-0.2, -0.15) is 0 Å². The fraction of sp³-hybridized carbons (Fsp3) is 0.273. The molecule has 15 heteroatoms. The van der Waals surface area contributed by atoms with E-state index in [1.165, 1.54) is 55.6 Å². The van der Waals surface area contributed by atoms with E-state index < -0.39 is 69.0 Å². The van der Waals surface area contributed by atoms with E-state index in [-0.39, 0.29) is 47.1 Å². The van der Waals surface area contributed by atoms with Crippen LogP contribution in [0.5, 0.6) is 11.5 Å². The van der Waals surface area contributed by atoms with Gasteiger partial charge in [-0.1, -0.05) is 27.6 Å². The molecule has 4 aliphatic rings. The highest BCUT2D eigenvalue weighted by Crippen LogP contribution is 2.60. The molecule has 2 aliphatic carbocycles. The predicted octanol–water partition coefficient (Wildman–Crippen LogP) is 5.02. The van der Waals surface area contributed by atoms with Gasteiger partial charge in [0.1, 0.15) is 0 Å². The highest BCUT2D eigenvalue weighted by Gasteiger charge is 2.62. The number of allylic oxidation sites excluding steroid dienone is 2. The number of ether oxygens (including phenoxy) is 1. The molecule has 2 aliphatic heterocycles. The topological polar surface area (TPSA) is 190 Å². The van der Waals surface area contributed by atoms with Crippen molar-refractivity contribution in [3.8, 4) is 11.5 Å². The number of benzene rings is 3. The third-order valence-electron chi connectivity index (χ3n) is 9.91. The van der Waals surface area contributed by atoms with Crippen molar-refractivity contribution in [2.45, 2.75) is 18.8 Å². The van der Waals surface area contributed by atoms with Crippen LogP contribution < -0.4 is 14.5 Å². The van der Waals surface area contributed by atoms with Gasteiger partial charge in [-0.25, -0.2) is 0 Å². The predicted molar refractivity (Wildman–Crippen MR) is 171 cm³/mol. The van der Waals surface area contributed by atoms with E-state index in [0.717, 1.165) is 9.80 Å². The Bertz CT molecular complexity index is 1980. The number of nitro groups is 2. The number of fused-ring (bicyclic) bond motifs is 4. The second kappa shape index (κ2) is 11.4. The minimum absolute atomic E-state index is 0.0568. The first-order chi connectivity index (χ1) is 22.9. The SMILES string of the molecule is COc1cc(Br)cc([C@H]2C3=CC[C@@H]4C(=O)N(c5ccc([N+](=O)[O-])cc5)C(=O)[C@@H]4[C@@H]3C[C@H]3C(=O)N(c4ccc([N+](=O)[O-])cc4)C(=O)[C@@H]23)c1O. The largest absolute Gasteiger partial charge is 0.504 e. The zero-order valence-electron chi connectivity index (χ0n) is 25.0. The minimum Gasteiger partial charge on any atom is -0.504 e. The van der Waals surface area contributed by atoms with Crippen LogP contribution in [0.15, 0.2) is 76.8 Å². The number of nitrogens with zero attached hydrogens (tertiary/aromatic N) is 4. The summed E-state index contributed by atoms with van der Waals surface area (Å²) in [5, 5.41) is 33.8. The van der Waals surface area contributed by atoms with Crippen LogP contribution in [-0.2, 0) is 19.2 Å². The molecule has 0 aromatic heterocycles. The Morgan fingerprint density at radius 1 is 0.771 bits per heavy atom. The monoisotopic (exact) mass is 716 g/mol. The maximum Gasteiger partial charge on any atom is 0.269 e. The Kier molecular flexibility index (Phi) is 7.38. The third kappa shape index (κ3) is 4.59. The Balaban J connectivity index is 1.33. The number of halogens is 1. The number of methoxy groups -OCH3 is 1. The summed E-state index contributed by atoms with van der Waals surface area (Å²) in [6.45, 7) is 0. The van der Waals surface area contributed by atoms with Crippen LogP contribution in [0.4, 0.5) is 22.7 Å². The molecule has 14 nitrogen and oxygen atoms in total. The van der Waals surface area contributed by atoms with Crippen molar-refractivity contribution in [2.75, 3.05) is 16.9 Å². The van der Waals surface area contributed by atoms with Gasteiger partial charge in [0.15, 0.2) is 11.5 Å². The second-order valence-corrected chi connectivity index (χ2v) is 13.1. The number of rotatable bonds is 6. The van der Waals surface area contributed by atoms with Crippen molar-refractivity contribution >= 4 is 62.3 Å². The summed E-state index contributed by atoms with van der Waals surface area (Å²) in [6, 6.07) is 13.3. The van der Waals surface area contributed by atoms with Gasteiger partial charge in [0.25, 0.3) is 11.4 Å². The fourth-order valence-electron chi connectivity index (χ4n) is 7.88. The van der Waals surface area contributed by atoms with E-state index in [2.05, 4.69) is 15.9 Å². The molecule has 1 saturated carbocycles. The average Bonchev–Trinajstić information content (AvgIpc) is 3.48. The molecule has 6 atom stereocenters. The molecule has 0 unspecified atom stereocenters. The first-order valence-electron chi connectivity index (χ1n) is 14.9. The molecule has 0 radical (unpaired) electrons. The number of carbonyl (C=O) groups is 4. The van der Waals surface area contributed by atoms with Crippen LogP contribution in [0.1, 0.15) is 24.3 Å². The first-order valence-corrected chi connectivity index (χ1v) is 15.7. The number of phenolic OH excluding ortho intramolecular Hbond substituents is 1. The van der Waals surface area contributed by atoms with Gasteiger partial charge in [-0.15, -0.1) is 0 Å². The number of imide groups is 2. The summed E-state index contributed by atoms with van der Waals surface area (Å²) in [7, 11) is 1.37. The number of anilines is 2. The van der Waals surface area contributed by atoms with E-state index in [9.17, 15) is 44.5 Å². The molecule has 3 aromatic carbocycles. The van der Waals surface area contributed by atoms with E-state index in [4.69, 9.17) is 4.74 Å². The Morgan fingerprint density at radius 3 is 1.81 bits per heavy atom. The summed E-state index contributed by atoms with van der Waals surface area (Å²) in [4.78, 5) is 79.6. The molecule has 4 amide bonds. The van der Waals surface area contributed by atoms with Crippen molar-refractivity contribution in [1.29, 1.82) is 0 Å². The van der Waals surface area contributed by atoms with Crippen molar-refractivity contribution in [1.82, 2.24) is 0 Å². The molecule has 7 rings (SSSR count). The fourth-order valence-corrected chi connectivity index (χ4v) is 8.33. The van der Waals surface area contributed by atoms with E-state index >= 15 is 0 Å². The van der Waals surface area contributed by atoms with Crippen molar-refractivity contribution in [3.63, 3.8) is 0 Å². The molecular weight excluding hydrogens is 692 g/mol. The average molecular weight is 717 g/mol. The summed E-state index contributed by atoms with van der Waals surface area (Å²) in [6.07, 6.45) is 2.02. The molecule has 2 saturated heterocycles. The molecule has 3 aromatic rings. The van der Waals surface area contributed by atoms with Crippen molar-refractivity contribution in [3.05, 3.63) is 103 Å². The summed E-state index contributed by atoms with van der Waals surface area (Å²) in [5.41, 5.74) is 0.830. The number of nitro benzene ring substituents is 2. The van der Waals surface area contributed by atoms with E-state index in [0.29, 0.717) is 15.6 Å². The quantitative estimate of drug-likeness (QED) is 0.157. The van der Waals surface area contributed by atoms with Crippen molar-refractivity contribution < 1.29 is 38.9 Å². The Hall–Kier alpha value is -5.44. The maximum absolute atomic E-state index is 14.3. The number of hydrogen-bond acceptors (Lipinski definition) is 10. The minimum atomic E-state index is -1.00. The molecule has 3 fully saturated rings. The molecule has 1 N–H and O–H groups in total. The number of aromatic hydroxyl groups is 1. The van der Waals surface area contributed by atoms with Gasteiger partial charge in [0, 0.05) is 40.2 Å². The highest BCUT2D eigenvalue weighted by atomic mass is 79.9. The van der Waals surface area contributed by atoms with Crippen LogP contribution >= 0.6 is 15.9 Å². The van der Waals surface area contributed by atoms with Gasteiger partial charge in [0.2, 0.25) is 23.6 Å². The lowest BCUT2D eigenvalue weighted by Gasteiger charge is -2.44. The zero-order chi connectivity index (χ0) is 34.2. The lowest BCUT2D eigenvalue weighted by atomic mass is 9.57. The summed E-state index contributed by atoms with van der Waals surface area (Å²) in [5.74, 6) is -7.45. The van der Waals surface area contributed by atoms with Crippen molar-refractivity contribution in [2.24, 2.45) is 29.6 Å². The summed E-state index contributed by atoms with van der Waals surface area (Å²) >= 11 is 3.44. The number of hydrogen-bond donors (Lipinski definition) is 1. The third-order valence-corrected chi connectivity index (χ3v) is 10.4. The van der Waals surface area contributed by atoms with Gasteiger partial charge >= 0.3 is 0 Å². The van der Waals surface area contributed by atoms with E-state index in [1.807, 2.05) is 6.08 Å². The first kappa shape index (κ1) is 31.2.